The van der Waals surface area contributed by atoms with Gasteiger partial charge < -0.3 is 14.2 Å². The summed E-state index contributed by atoms with van der Waals surface area (Å²) in [6, 6.07) is 10.7. The molecule has 34 heavy (non-hydrogen) atoms. The highest BCUT2D eigenvalue weighted by atomic mass is 19.4. The summed E-state index contributed by atoms with van der Waals surface area (Å²) >= 11 is 0. The molecule has 12 heteroatoms. The Bertz CT molecular complexity index is 1190. The van der Waals surface area contributed by atoms with Crippen LogP contribution in [0.5, 0.6) is 17.2 Å². The van der Waals surface area contributed by atoms with Crippen LogP contribution < -0.4 is 14.2 Å². The van der Waals surface area contributed by atoms with Crippen molar-refractivity contribution in [3.05, 3.63) is 71.0 Å². The van der Waals surface area contributed by atoms with Gasteiger partial charge in [0, 0.05) is 12.0 Å². The van der Waals surface area contributed by atoms with Gasteiger partial charge in [0.1, 0.15) is 11.4 Å². The second-order valence-corrected chi connectivity index (χ2v) is 7.46. The molecule has 3 aromatic rings. The molecule has 2 aromatic carbocycles. The first kappa shape index (κ1) is 23.7. The number of rotatable bonds is 7. The SMILES string of the molecule is COc1cccc(Cn2[c]c(Cc3ccc4c(c3)OCO4)c(C(F)(F)C(F)(F)C(F)(F)F)n2)c1. The van der Waals surface area contributed by atoms with Gasteiger partial charge in [0.2, 0.25) is 6.79 Å². The Morgan fingerprint density at radius 2 is 1.71 bits per heavy atom. The maximum absolute atomic E-state index is 14.7. The van der Waals surface area contributed by atoms with Crippen LogP contribution in [0, 0.1) is 6.20 Å². The molecule has 181 valence electrons. The largest absolute Gasteiger partial charge is 0.497 e. The van der Waals surface area contributed by atoms with E-state index in [0.717, 1.165) is 4.68 Å². The van der Waals surface area contributed by atoms with Gasteiger partial charge in [-0.15, -0.1) is 0 Å². The van der Waals surface area contributed by atoms with Gasteiger partial charge in [0.25, 0.3) is 0 Å². The monoisotopic (exact) mass is 489 g/mol. The Morgan fingerprint density at radius 1 is 0.971 bits per heavy atom. The molecule has 0 saturated carbocycles. The summed E-state index contributed by atoms with van der Waals surface area (Å²) < 4.78 is 112. The number of hydrogen-bond acceptors (Lipinski definition) is 4. The molecule has 0 fully saturated rings. The second-order valence-electron chi connectivity index (χ2n) is 7.46. The zero-order chi connectivity index (χ0) is 24.7. The average molecular weight is 489 g/mol. The van der Waals surface area contributed by atoms with Crippen molar-refractivity contribution >= 4 is 0 Å². The first-order valence-electron chi connectivity index (χ1n) is 9.75. The molecule has 1 aliphatic rings. The van der Waals surface area contributed by atoms with Gasteiger partial charge in [0.05, 0.1) is 19.9 Å². The van der Waals surface area contributed by atoms with Gasteiger partial charge in [-0.05, 0) is 35.4 Å². The molecule has 0 N–H and O–H groups in total. The number of methoxy groups -OCH3 is 1. The summed E-state index contributed by atoms with van der Waals surface area (Å²) in [5, 5.41) is 3.42. The normalized spacial score (nSPS) is 13.9. The van der Waals surface area contributed by atoms with Gasteiger partial charge in [-0.2, -0.15) is 35.8 Å². The third kappa shape index (κ3) is 4.24. The number of ether oxygens (including phenoxy) is 3. The van der Waals surface area contributed by atoms with Crippen LogP contribution >= 0.6 is 0 Å². The van der Waals surface area contributed by atoms with E-state index in [1.165, 1.54) is 31.4 Å². The summed E-state index contributed by atoms with van der Waals surface area (Å²) in [6.07, 6.45) is -4.52. The van der Waals surface area contributed by atoms with Crippen molar-refractivity contribution in [3.63, 3.8) is 0 Å². The third-order valence-electron chi connectivity index (χ3n) is 5.10. The number of benzene rings is 2. The zero-order valence-corrected chi connectivity index (χ0v) is 17.4. The summed E-state index contributed by atoms with van der Waals surface area (Å²) in [6.45, 7) is -0.288. The first-order chi connectivity index (χ1) is 15.9. The molecule has 0 saturated heterocycles. The number of fused-ring (bicyclic) bond motifs is 1. The fourth-order valence-electron chi connectivity index (χ4n) is 3.39. The number of aromatic nitrogens is 2. The van der Waals surface area contributed by atoms with E-state index in [1.807, 2.05) is 0 Å². The van der Waals surface area contributed by atoms with Crippen LogP contribution in [0.4, 0.5) is 30.7 Å². The van der Waals surface area contributed by atoms with Gasteiger partial charge in [0.15, 0.2) is 11.5 Å². The fraction of sp³-hybridized carbons (Fsp3) is 0.318. The van der Waals surface area contributed by atoms with Crippen LogP contribution in [0.15, 0.2) is 42.5 Å². The van der Waals surface area contributed by atoms with E-state index in [2.05, 4.69) is 11.3 Å². The second kappa shape index (κ2) is 8.41. The molecule has 2 heterocycles. The molecule has 0 spiro atoms. The third-order valence-corrected chi connectivity index (χ3v) is 5.10. The van der Waals surface area contributed by atoms with Crippen LogP contribution in [0.3, 0.4) is 0 Å². The van der Waals surface area contributed by atoms with Gasteiger partial charge in [-0.25, -0.2) is 0 Å². The van der Waals surface area contributed by atoms with Gasteiger partial charge in [-0.3, -0.25) is 4.68 Å². The number of hydrogen-bond donors (Lipinski definition) is 0. The molecule has 1 radical (unpaired) electrons. The van der Waals surface area contributed by atoms with Crippen LogP contribution in [0.2, 0.25) is 0 Å². The smallest absolute Gasteiger partial charge is 0.460 e. The molecule has 5 nitrogen and oxygen atoms in total. The topological polar surface area (TPSA) is 45.5 Å². The van der Waals surface area contributed by atoms with Crippen molar-refractivity contribution in [1.29, 1.82) is 0 Å². The lowest BCUT2D eigenvalue weighted by Crippen LogP contribution is -2.50. The molecule has 4 rings (SSSR count). The fourth-order valence-corrected chi connectivity index (χ4v) is 3.39. The number of halogens is 7. The molecule has 0 aliphatic carbocycles. The van der Waals surface area contributed by atoms with E-state index in [4.69, 9.17) is 14.2 Å². The number of alkyl halides is 7. The summed E-state index contributed by atoms with van der Waals surface area (Å²) in [5.41, 5.74) is -1.55. The van der Waals surface area contributed by atoms with Crippen LogP contribution in [-0.4, -0.2) is 35.8 Å². The predicted molar refractivity (Wildman–Crippen MR) is 103 cm³/mol. The van der Waals surface area contributed by atoms with E-state index in [9.17, 15) is 30.7 Å². The van der Waals surface area contributed by atoms with Crippen LogP contribution in [-0.2, 0) is 18.9 Å². The summed E-state index contributed by atoms with van der Waals surface area (Å²) in [4.78, 5) is 0. The lowest BCUT2D eigenvalue weighted by Gasteiger charge is -2.27. The highest BCUT2D eigenvalue weighted by Gasteiger charge is 2.74. The Kier molecular flexibility index (Phi) is 5.86. The molecule has 0 bridgehead atoms. The molecule has 0 atom stereocenters. The maximum atomic E-state index is 14.7. The van der Waals surface area contributed by atoms with Crippen molar-refractivity contribution in [2.45, 2.75) is 31.0 Å². The van der Waals surface area contributed by atoms with Gasteiger partial charge in [-0.1, -0.05) is 18.2 Å². The van der Waals surface area contributed by atoms with Crippen molar-refractivity contribution in [3.8, 4) is 17.2 Å². The Morgan fingerprint density at radius 3 is 2.41 bits per heavy atom. The van der Waals surface area contributed by atoms with Crippen molar-refractivity contribution in [2.24, 2.45) is 0 Å². The van der Waals surface area contributed by atoms with Gasteiger partial charge >= 0.3 is 18.0 Å². The molecule has 1 aromatic heterocycles. The Labute approximate surface area is 188 Å². The zero-order valence-electron chi connectivity index (χ0n) is 17.4. The maximum Gasteiger partial charge on any atom is 0.460 e. The lowest BCUT2D eigenvalue weighted by molar-refractivity contribution is -0.360. The predicted octanol–water partition coefficient (Wildman–Crippen LogP) is 5.35. The molecule has 0 amide bonds. The Balaban J connectivity index is 1.74. The van der Waals surface area contributed by atoms with Crippen LogP contribution in [0.25, 0.3) is 0 Å². The minimum Gasteiger partial charge on any atom is -0.497 e. The molecular weight excluding hydrogens is 473 g/mol. The van der Waals surface area contributed by atoms with Crippen LogP contribution in [0.1, 0.15) is 22.4 Å². The average Bonchev–Trinajstić information content (AvgIpc) is 3.39. The highest BCUT2D eigenvalue weighted by Crippen LogP contribution is 2.52. The summed E-state index contributed by atoms with van der Waals surface area (Å²) in [7, 11) is 1.40. The highest BCUT2D eigenvalue weighted by molar-refractivity contribution is 5.46. The minimum atomic E-state index is -6.50. The Hall–Kier alpha value is -3.44. The van der Waals surface area contributed by atoms with Crippen molar-refractivity contribution < 1.29 is 44.9 Å². The van der Waals surface area contributed by atoms with E-state index in [0.29, 0.717) is 22.6 Å². The van der Waals surface area contributed by atoms with E-state index >= 15 is 0 Å². The van der Waals surface area contributed by atoms with E-state index in [-0.39, 0.29) is 19.1 Å². The lowest BCUT2D eigenvalue weighted by atomic mass is 9.99. The van der Waals surface area contributed by atoms with E-state index in [1.54, 1.807) is 18.2 Å². The number of nitrogens with zero attached hydrogens (tertiary/aromatic N) is 2. The standard InChI is InChI=1S/C22H16F7N2O3/c1-32-16-4-2-3-14(8-16)10-31-11-15(7-13-5-6-17-18(9-13)34-12-33-17)19(30-31)20(23,24)21(25,26)22(27,28)29/h2-6,8-9H,7,10,12H2,1H3. The summed E-state index contributed by atoms with van der Waals surface area (Å²) in [5.74, 6) is -10.9. The van der Waals surface area contributed by atoms with Crippen molar-refractivity contribution in [2.75, 3.05) is 13.9 Å². The minimum absolute atomic E-state index is 0.0650. The molecular formula is C22H16F7N2O3. The van der Waals surface area contributed by atoms with Crippen molar-refractivity contribution in [1.82, 2.24) is 9.78 Å². The first-order valence-corrected chi connectivity index (χ1v) is 9.75. The quantitative estimate of drug-likeness (QED) is 0.420. The van der Waals surface area contributed by atoms with E-state index < -0.39 is 35.7 Å². The molecule has 0 unspecified atom stereocenters. The molecule has 1 aliphatic heterocycles.